The number of aromatic nitrogens is 2. The maximum absolute atomic E-state index is 5.73. The van der Waals surface area contributed by atoms with Gasteiger partial charge in [0.25, 0.3) is 0 Å². The van der Waals surface area contributed by atoms with E-state index in [4.69, 9.17) is 10.7 Å². The van der Waals surface area contributed by atoms with E-state index in [2.05, 4.69) is 23.2 Å². The average Bonchev–Trinajstić information content (AvgIpc) is 2.97. The van der Waals surface area contributed by atoms with Gasteiger partial charge in [0.1, 0.15) is 5.82 Å². The lowest BCUT2D eigenvalue weighted by Gasteiger charge is -2.38. The van der Waals surface area contributed by atoms with Crippen LogP contribution in [0.2, 0.25) is 0 Å². The zero-order valence-electron chi connectivity index (χ0n) is 12.6. The minimum Gasteiger partial charge on any atom is -0.342 e. The Morgan fingerprint density at radius 3 is 2.81 bits per heavy atom. The van der Waals surface area contributed by atoms with Crippen LogP contribution in [0.15, 0.2) is 18.2 Å². The van der Waals surface area contributed by atoms with Crippen LogP contribution in [0.3, 0.4) is 0 Å². The molecule has 3 atom stereocenters. The molecule has 0 amide bonds. The van der Waals surface area contributed by atoms with E-state index in [0.29, 0.717) is 12.5 Å². The predicted molar refractivity (Wildman–Crippen MR) is 86.0 cm³/mol. The van der Waals surface area contributed by atoms with Crippen LogP contribution in [0.1, 0.15) is 62.3 Å². The summed E-state index contributed by atoms with van der Waals surface area (Å²) in [4.78, 5) is 8.42. The fourth-order valence-corrected chi connectivity index (χ4v) is 4.52. The highest BCUT2D eigenvalue weighted by molar-refractivity contribution is 5.76. The summed E-state index contributed by atoms with van der Waals surface area (Å²) in [7, 11) is 0. The zero-order valence-corrected chi connectivity index (χ0v) is 12.6. The van der Waals surface area contributed by atoms with E-state index >= 15 is 0 Å². The first-order chi connectivity index (χ1) is 10.3. The number of imidazole rings is 1. The summed E-state index contributed by atoms with van der Waals surface area (Å²) in [6, 6.07) is 6.34. The molecule has 3 unspecified atom stereocenters. The van der Waals surface area contributed by atoms with Crippen molar-refractivity contribution < 1.29 is 0 Å². The Balaban J connectivity index is 1.58. The minimum atomic E-state index is 0.595. The van der Waals surface area contributed by atoms with Gasteiger partial charge in [-0.1, -0.05) is 31.7 Å². The first-order valence-electron chi connectivity index (χ1n) is 8.52. The van der Waals surface area contributed by atoms with Crippen molar-refractivity contribution in [2.45, 2.75) is 57.4 Å². The fraction of sp³-hybridized carbons (Fsp3) is 0.611. The van der Waals surface area contributed by atoms with Gasteiger partial charge in [0.15, 0.2) is 0 Å². The van der Waals surface area contributed by atoms with Crippen molar-refractivity contribution in [1.29, 1.82) is 0 Å². The molecule has 3 N–H and O–H groups in total. The average molecular weight is 283 g/mol. The summed E-state index contributed by atoms with van der Waals surface area (Å²) >= 11 is 0. The molecule has 0 bridgehead atoms. The van der Waals surface area contributed by atoms with Crippen molar-refractivity contribution in [1.82, 2.24) is 9.97 Å². The number of hydrogen-bond acceptors (Lipinski definition) is 2. The molecular weight excluding hydrogens is 258 g/mol. The van der Waals surface area contributed by atoms with Crippen LogP contribution in [0.5, 0.6) is 0 Å². The number of hydrogen-bond donors (Lipinski definition) is 2. The number of benzene rings is 1. The lowest BCUT2D eigenvalue weighted by atomic mass is 9.67. The van der Waals surface area contributed by atoms with Gasteiger partial charge in [0.2, 0.25) is 0 Å². The molecule has 2 saturated carbocycles. The van der Waals surface area contributed by atoms with Crippen molar-refractivity contribution in [3.05, 3.63) is 29.6 Å². The van der Waals surface area contributed by atoms with Crippen molar-refractivity contribution in [3.63, 3.8) is 0 Å². The number of rotatable bonds is 2. The molecule has 1 aromatic heterocycles. The molecular formula is C18H25N3. The van der Waals surface area contributed by atoms with E-state index in [1.54, 1.807) is 0 Å². The second-order valence-corrected chi connectivity index (χ2v) is 6.99. The Morgan fingerprint density at radius 1 is 1.10 bits per heavy atom. The Hall–Kier alpha value is -1.35. The maximum Gasteiger partial charge on any atom is 0.110 e. The SMILES string of the molecule is NCc1ccc2nc(C3CCC4CCCCC4C3)[nH]c2c1. The van der Waals surface area contributed by atoms with Crippen LogP contribution in [0.25, 0.3) is 11.0 Å². The maximum atomic E-state index is 5.73. The highest BCUT2D eigenvalue weighted by atomic mass is 14.9. The molecule has 3 heteroatoms. The summed E-state index contributed by atoms with van der Waals surface area (Å²) < 4.78 is 0. The smallest absolute Gasteiger partial charge is 0.110 e. The molecule has 3 nitrogen and oxygen atoms in total. The Bertz CT molecular complexity index is 630. The van der Waals surface area contributed by atoms with E-state index in [-0.39, 0.29) is 0 Å². The third-order valence-corrected chi connectivity index (χ3v) is 5.73. The summed E-state index contributed by atoms with van der Waals surface area (Å²) in [5, 5.41) is 0. The first kappa shape index (κ1) is 13.3. The molecule has 0 saturated heterocycles. The van der Waals surface area contributed by atoms with Crippen molar-refractivity contribution in [2.24, 2.45) is 17.6 Å². The molecule has 2 aromatic rings. The predicted octanol–water partition coefficient (Wildman–Crippen LogP) is 4.10. The van der Waals surface area contributed by atoms with Crippen molar-refractivity contribution in [2.75, 3.05) is 0 Å². The van der Waals surface area contributed by atoms with E-state index in [1.165, 1.54) is 56.3 Å². The van der Waals surface area contributed by atoms with Crippen molar-refractivity contribution >= 4 is 11.0 Å². The molecule has 1 heterocycles. The largest absolute Gasteiger partial charge is 0.342 e. The summed E-state index contributed by atoms with van der Waals surface area (Å²) in [5.74, 6) is 3.80. The molecule has 2 aliphatic carbocycles. The van der Waals surface area contributed by atoms with Crippen LogP contribution >= 0.6 is 0 Å². The Labute approximate surface area is 126 Å². The minimum absolute atomic E-state index is 0.595. The lowest BCUT2D eigenvalue weighted by molar-refractivity contribution is 0.153. The zero-order chi connectivity index (χ0) is 14.2. The normalized spacial score (nSPS) is 29.5. The Morgan fingerprint density at radius 2 is 1.95 bits per heavy atom. The summed E-state index contributed by atoms with van der Waals surface area (Å²) in [6.45, 7) is 0.595. The highest BCUT2D eigenvalue weighted by Crippen LogP contribution is 2.45. The molecule has 21 heavy (non-hydrogen) atoms. The topological polar surface area (TPSA) is 54.7 Å². The first-order valence-corrected chi connectivity index (χ1v) is 8.52. The molecule has 2 fully saturated rings. The number of H-pyrrole nitrogens is 1. The summed E-state index contributed by atoms with van der Waals surface area (Å²) in [6.07, 6.45) is 9.86. The molecule has 0 aliphatic heterocycles. The molecule has 4 rings (SSSR count). The van der Waals surface area contributed by atoms with Gasteiger partial charge in [0, 0.05) is 12.5 Å². The second kappa shape index (κ2) is 5.45. The van der Waals surface area contributed by atoms with Gasteiger partial charge in [-0.15, -0.1) is 0 Å². The third-order valence-electron chi connectivity index (χ3n) is 5.73. The molecule has 1 aromatic carbocycles. The van der Waals surface area contributed by atoms with Gasteiger partial charge in [0.05, 0.1) is 11.0 Å². The number of nitrogens with zero attached hydrogens (tertiary/aromatic N) is 1. The third kappa shape index (κ3) is 2.48. The van der Waals surface area contributed by atoms with Crippen LogP contribution in [-0.4, -0.2) is 9.97 Å². The van der Waals surface area contributed by atoms with E-state index < -0.39 is 0 Å². The summed E-state index contributed by atoms with van der Waals surface area (Å²) in [5.41, 5.74) is 9.15. The number of aromatic amines is 1. The van der Waals surface area contributed by atoms with Crippen molar-refractivity contribution in [3.8, 4) is 0 Å². The van der Waals surface area contributed by atoms with E-state index in [1.807, 2.05) is 0 Å². The van der Waals surface area contributed by atoms with Crippen LogP contribution in [0.4, 0.5) is 0 Å². The van der Waals surface area contributed by atoms with Gasteiger partial charge in [-0.3, -0.25) is 0 Å². The van der Waals surface area contributed by atoms with Crippen LogP contribution in [0, 0.1) is 11.8 Å². The van der Waals surface area contributed by atoms with Gasteiger partial charge in [-0.05, 0) is 48.8 Å². The van der Waals surface area contributed by atoms with Gasteiger partial charge in [-0.2, -0.15) is 0 Å². The number of nitrogens with one attached hydrogen (secondary N) is 1. The standard InChI is InChI=1S/C18H25N3/c19-11-12-5-8-16-17(9-12)21-18(20-16)15-7-6-13-3-1-2-4-14(13)10-15/h5,8-9,13-15H,1-4,6-7,10-11,19H2,(H,20,21). The second-order valence-electron chi connectivity index (χ2n) is 6.99. The van der Waals surface area contributed by atoms with E-state index in [0.717, 1.165) is 22.9 Å². The molecule has 112 valence electrons. The number of nitrogens with two attached hydrogens (primary N) is 1. The molecule has 2 aliphatic rings. The highest BCUT2D eigenvalue weighted by Gasteiger charge is 2.33. The van der Waals surface area contributed by atoms with Gasteiger partial charge >= 0.3 is 0 Å². The van der Waals surface area contributed by atoms with Gasteiger partial charge < -0.3 is 10.7 Å². The van der Waals surface area contributed by atoms with Crippen LogP contribution in [-0.2, 0) is 6.54 Å². The van der Waals surface area contributed by atoms with Crippen LogP contribution < -0.4 is 5.73 Å². The number of fused-ring (bicyclic) bond motifs is 2. The van der Waals surface area contributed by atoms with Gasteiger partial charge in [-0.25, -0.2) is 4.98 Å². The molecule has 0 radical (unpaired) electrons. The monoisotopic (exact) mass is 283 g/mol. The fourth-order valence-electron chi connectivity index (χ4n) is 4.52. The molecule has 0 spiro atoms. The van der Waals surface area contributed by atoms with E-state index in [9.17, 15) is 0 Å². The quantitative estimate of drug-likeness (QED) is 0.872. The Kier molecular flexibility index (Phi) is 3.46. The lowest BCUT2D eigenvalue weighted by Crippen LogP contribution is -2.27.